The molecule has 0 fully saturated rings. The van der Waals surface area contributed by atoms with Crippen LogP contribution in [0.15, 0.2) is 18.3 Å². The molecule has 5 nitrogen and oxygen atoms in total. The van der Waals surface area contributed by atoms with Gasteiger partial charge in [0, 0.05) is 13.3 Å². The largest absolute Gasteiger partial charge is 0.383 e. The summed E-state index contributed by atoms with van der Waals surface area (Å²) >= 11 is 0. The topological polar surface area (TPSA) is 66.0 Å². The van der Waals surface area contributed by atoms with E-state index in [1.165, 1.54) is 0 Å². The van der Waals surface area contributed by atoms with E-state index in [2.05, 4.69) is 16.9 Å². The molecule has 0 saturated heterocycles. The zero-order valence-corrected chi connectivity index (χ0v) is 9.55. The highest BCUT2D eigenvalue weighted by Crippen LogP contribution is 2.22. The number of nitrogens with zero attached hydrogens (tertiary/aromatic N) is 3. The van der Waals surface area contributed by atoms with Gasteiger partial charge in [-0.3, -0.25) is 4.57 Å². The molecule has 5 heteroatoms. The molecule has 1 unspecified atom stereocenters. The predicted octanol–water partition coefficient (Wildman–Crippen LogP) is 1.61. The van der Waals surface area contributed by atoms with Crippen molar-refractivity contribution in [3.63, 3.8) is 0 Å². The lowest BCUT2D eigenvalue weighted by atomic mass is 10.2. The SMILES string of the molecule is CCC(COC)n1c(N)nc2cccnc21. The van der Waals surface area contributed by atoms with E-state index in [4.69, 9.17) is 10.5 Å². The molecule has 1 atom stereocenters. The number of anilines is 1. The van der Waals surface area contributed by atoms with Crippen molar-refractivity contribution in [1.29, 1.82) is 0 Å². The second-order valence-corrected chi connectivity index (χ2v) is 3.70. The van der Waals surface area contributed by atoms with Gasteiger partial charge in [0.2, 0.25) is 5.95 Å². The smallest absolute Gasteiger partial charge is 0.202 e. The van der Waals surface area contributed by atoms with Gasteiger partial charge in [0.05, 0.1) is 12.6 Å². The summed E-state index contributed by atoms with van der Waals surface area (Å²) in [5.41, 5.74) is 7.57. The van der Waals surface area contributed by atoms with E-state index < -0.39 is 0 Å². The third-order valence-corrected chi connectivity index (χ3v) is 2.67. The summed E-state index contributed by atoms with van der Waals surface area (Å²) < 4.78 is 7.13. The molecule has 2 heterocycles. The molecule has 2 rings (SSSR count). The molecule has 0 aromatic carbocycles. The van der Waals surface area contributed by atoms with Gasteiger partial charge in [0.15, 0.2) is 5.65 Å². The van der Waals surface area contributed by atoms with Gasteiger partial charge in [-0.2, -0.15) is 0 Å². The van der Waals surface area contributed by atoms with Crippen LogP contribution in [-0.4, -0.2) is 28.3 Å². The molecule has 2 aromatic rings. The molecule has 0 amide bonds. The number of ether oxygens (including phenoxy) is 1. The van der Waals surface area contributed by atoms with Crippen LogP contribution in [0.5, 0.6) is 0 Å². The summed E-state index contributed by atoms with van der Waals surface area (Å²) in [6, 6.07) is 3.95. The number of methoxy groups -OCH3 is 1. The Bertz CT molecular complexity index is 480. The first-order chi connectivity index (χ1) is 7.77. The minimum absolute atomic E-state index is 0.185. The Hall–Kier alpha value is -1.62. The van der Waals surface area contributed by atoms with Crippen LogP contribution in [0, 0.1) is 0 Å². The summed E-state index contributed by atoms with van der Waals surface area (Å²) in [6.07, 6.45) is 2.68. The Morgan fingerprint density at radius 3 is 3.06 bits per heavy atom. The van der Waals surface area contributed by atoms with Gasteiger partial charge in [-0.05, 0) is 18.6 Å². The molecule has 0 bridgehead atoms. The fraction of sp³-hybridized carbons (Fsp3) is 0.455. The third kappa shape index (κ3) is 1.74. The number of hydrogen-bond acceptors (Lipinski definition) is 4. The van der Waals surface area contributed by atoms with Gasteiger partial charge >= 0.3 is 0 Å². The van der Waals surface area contributed by atoms with Crippen molar-refractivity contribution < 1.29 is 4.74 Å². The molecule has 0 radical (unpaired) electrons. The zero-order valence-electron chi connectivity index (χ0n) is 9.55. The first kappa shape index (κ1) is 10.9. The van der Waals surface area contributed by atoms with E-state index in [1.54, 1.807) is 13.3 Å². The van der Waals surface area contributed by atoms with E-state index in [-0.39, 0.29) is 6.04 Å². The van der Waals surface area contributed by atoms with E-state index in [1.807, 2.05) is 16.7 Å². The van der Waals surface area contributed by atoms with E-state index in [0.29, 0.717) is 12.6 Å². The number of rotatable bonds is 4. The molecule has 0 spiro atoms. The van der Waals surface area contributed by atoms with Crippen molar-refractivity contribution in [1.82, 2.24) is 14.5 Å². The highest BCUT2D eigenvalue weighted by molar-refractivity contribution is 5.73. The second-order valence-electron chi connectivity index (χ2n) is 3.70. The van der Waals surface area contributed by atoms with Crippen LogP contribution in [0.3, 0.4) is 0 Å². The number of aromatic nitrogens is 3. The number of nitrogens with two attached hydrogens (primary N) is 1. The fourth-order valence-corrected chi connectivity index (χ4v) is 1.87. The number of imidazole rings is 1. The van der Waals surface area contributed by atoms with Gasteiger partial charge in [-0.15, -0.1) is 0 Å². The minimum Gasteiger partial charge on any atom is -0.383 e. The lowest BCUT2D eigenvalue weighted by Gasteiger charge is -2.17. The number of nitrogen functional groups attached to an aromatic ring is 1. The standard InChI is InChI=1S/C11H16N4O/c1-3-8(7-16-2)15-10-9(14-11(15)12)5-4-6-13-10/h4-6,8H,3,7H2,1-2H3,(H2,12,14). The van der Waals surface area contributed by atoms with Crippen LogP contribution < -0.4 is 5.73 Å². The van der Waals surface area contributed by atoms with Crippen molar-refractivity contribution in [2.24, 2.45) is 0 Å². The monoisotopic (exact) mass is 220 g/mol. The Balaban J connectivity index is 2.53. The lowest BCUT2D eigenvalue weighted by Crippen LogP contribution is -2.16. The molecule has 16 heavy (non-hydrogen) atoms. The summed E-state index contributed by atoms with van der Waals surface area (Å²) in [4.78, 5) is 8.60. The molecule has 0 aliphatic heterocycles. The summed E-state index contributed by atoms with van der Waals surface area (Å²) in [6.45, 7) is 2.71. The van der Waals surface area contributed by atoms with Crippen molar-refractivity contribution in [2.75, 3.05) is 19.5 Å². The van der Waals surface area contributed by atoms with Crippen LogP contribution in [0.25, 0.3) is 11.2 Å². The summed E-state index contributed by atoms with van der Waals surface area (Å²) in [5.74, 6) is 0.498. The van der Waals surface area contributed by atoms with Crippen molar-refractivity contribution in [2.45, 2.75) is 19.4 Å². The van der Waals surface area contributed by atoms with E-state index >= 15 is 0 Å². The predicted molar refractivity (Wildman–Crippen MR) is 63.1 cm³/mol. The quantitative estimate of drug-likeness (QED) is 0.850. The maximum absolute atomic E-state index is 5.92. The Kier molecular flexibility index (Phi) is 3.05. The molecule has 0 aliphatic carbocycles. The minimum atomic E-state index is 0.185. The normalized spacial score (nSPS) is 13.1. The number of hydrogen-bond donors (Lipinski definition) is 1. The first-order valence-corrected chi connectivity index (χ1v) is 5.35. The lowest BCUT2D eigenvalue weighted by molar-refractivity contribution is 0.155. The molecule has 2 aromatic heterocycles. The van der Waals surface area contributed by atoms with Gasteiger partial charge in [0.1, 0.15) is 5.52 Å². The highest BCUT2D eigenvalue weighted by atomic mass is 16.5. The van der Waals surface area contributed by atoms with E-state index in [0.717, 1.165) is 17.6 Å². The molecule has 0 saturated carbocycles. The number of fused-ring (bicyclic) bond motifs is 1. The van der Waals surface area contributed by atoms with Crippen LogP contribution in [0.1, 0.15) is 19.4 Å². The Morgan fingerprint density at radius 2 is 2.38 bits per heavy atom. The Labute approximate surface area is 94.2 Å². The van der Waals surface area contributed by atoms with Crippen LogP contribution in [0.4, 0.5) is 5.95 Å². The fourth-order valence-electron chi connectivity index (χ4n) is 1.87. The second kappa shape index (κ2) is 4.49. The maximum Gasteiger partial charge on any atom is 0.202 e. The molecular weight excluding hydrogens is 204 g/mol. The molecule has 86 valence electrons. The highest BCUT2D eigenvalue weighted by Gasteiger charge is 2.16. The molecular formula is C11H16N4O. The van der Waals surface area contributed by atoms with Gasteiger partial charge in [-0.25, -0.2) is 9.97 Å². The van der Waals surface area contributed by atoms with E-state index in [9.17, 15) is 0 Å². The average molecular weight is 220 g/mol. The number of pyridine rings is 1. The third-order valence-electron chi connectivity index (χ3n) is 2.67. The summed E-state index contributed by atoms with van der Waals surface area (Å²) in [7, 11) is 1.69. The van der Waals surface area contributed by atoms with Gasteiger partial charge < -0.3 is 10.5 Å². The zero-order chi connectivity index (χ0) is 11.5. The summed E-state index contributed by atoms with van der Waals surface area (Å²) in [5, 5.41) is 0. The van der Waals surface area contributed by atoms with Crippen molar-refractivity contribution >= 4 is 17.1 Å². The van der Waals surface area contributed by atoms with Crippen molar-refractivity contribution in [3.05, 3.63) is 18.3 Å². The van der Waals surface area contributed by atoms with Crippen molar-refractivity contribution in [3.8, 4) is 0 Å². The average Bonchev–Trinajstić information content (AvgIpc) is 2.62. The van der Waals surface area contributed by atoms with Crippen LogP contribution in [0.2, 0.25) is 0 Å². The molecule has 0 aliphatic rings. The van der Waals surface area contributed by atoms with Gasteiger partial charge in [-0.1, -0.05) is 6.92 Å². The van der Waals surface area contributed by atoms with Crippen LogP contribution in [-0.2, 0) is 4.74 Å². The van der Waals surface area contributed by atoms with Gasteiger partial charge in [0.25, 0.3) is 0 Å². The van der Waals surface area contributed by atoms with Crippen LogP contribution >= 0.6 is 0 Å². The first-order valence-electron chi connectivity index (χ1n) is 5.35. The molecule has 2 N–H and O–H groups in total. The Morgan fingerprint density at radius 1 is 1.56 bits per heavy atom. The maximum atomic E-state index is 5.92.